The number of thiophene rings is 1. The SMILES string of the molecule is O=C(CCN(C(=O)O)c1ccsc1)Nc1ccc2cnccc2c1. The van der Waals surface area contributed by atoms with E-state index >= 15 is 0 Å². The van der Waals surface area contributed by atoms with Crippen LogP contribution in [0.2, 0.25) is 0 Å². The maximum Gasteiger partial charge on any atom is 0.411 e. The Bertz CT molecular complexity index is 864. The Kier molecular flexibility index (Phi) is 4.72. The highest BCUT2D eigenvalue weighted by Gasteiger charge is 2.16. The van der Waals surface area contributed by atoms with Crippen molar-refractivity contribution in [3.05, 3.63) is 53.5 Å². The van der Waals surface area contributed by atoms with Crippen LogP contribution in [0.3, 0.4) is 0 Å². The second-order valence-corrected chi connectivity index (χ2v) is 5.93. The first-order valence-electron chi connectivity index (χ1n) is 7.30. The number of carboxylic acid groups (broad SMARTS) is 1. The standard InChI is InChI=1S/C17H15N3O3S/c21-16(4-7-20(17(22)23)15-5-8-24-11-15)19-14-2-1-13-10-18-6-3-12(13)9-14/h1-3,5-6,8-11H,4,7H2,(H,19,21)(H,22,23). The summed E-state index contributed by atoms with van der Waals surface area (Å²) in [5.74, 6) is -0.232. The van der Waals surface area contributed by atoms with Gasteiger partial charge in [-0.2, -0.15) is 11.3 Å². The van der Waals surface area contributed by atoms with Crippen LogP contribution in [0.5, 0.6) is 0 Å². The molecule has 7 heteroatoms. The lowest BCUT2D eigenvalue weighted by atomic mass is 10.1. The first kappa shape index (κ1) is 15.9. The van der Waals surface area contributed by atoms with E-state index in [2.05, 4.69) is 10.3 Å². The van der Waals surface area contributed by atoms with Gasteiger partial charge in [-0.05, 0) is 35.0 Å². The van der Waals surface area contributed by atoms with Gasteiger partial charge in [-0.1, -0.05) is 6.07 Å². The fourth-order valence-corrected chi connectivity index (χ4v) is 2.99. The molecule has 1 aromatic carbocycles. The Morgan fingerprint density at radius 2 is 2.08 bits per heavy atom. The molecular formula is C17H15N3O3S. The van der Waals surface area contributed by atoms with Gasteiger partial charge < -0.3 is 10.4 Å². The molecule has 0 unspecified atom stereocenters. The number of fused-ring (bicyclic) bond motifs is 1. The van der Waals surface area contributed by atoms with Gasteiger partial charge in [0.25, 0.3) is 0 Å². The van der Waals surface area contributed by atoms with E-state index in [0.29, 0.717) is 11.4 Å². The predicted molar refractivity (Wildman–Crippen MR) is 94.7 cm³/mol. The molecule has 2 heterocycles. The van der Waals surface area contributed by atoms with Gasteiger partial charge in [-0.25, -0.2) is 4.79 Å². The van der Waals surface area contributed by atoms with Gasteiger partial charge in [0.15, 0.2) is 0 Å². The molecule has 0 saturated carbocycles. The lowest BCUT2D eigenvalue weighted by Gasteiger charge is -2.17. The number of rotatable bonds is 5. The Balaban J connectivity index is 1.63. The third-order valence-electron chi connectivity index (χ3n) is 3.54. The number of anilines is 2. The molecule has 0 aliphatic rings. The average Bonchev–Trinajstić information content (AvgIpc) is 3.09. The largest absolute Gasteiger partial charge is 0.465 e. The molecule has 2 aromatic heterocycles. The molecule has 0 radical (unpaired) electrons. The van der Waals surface area contributed by atoms with Crippen LogP contribution >= 0.6 is 11.3 Å². The summed E-state index contributed by atoms with van der Waals surface area (Å²) in [6, 6.07) is 9.13. The summed E-state index contributed by atoms with van der Waals surface area (Å²) >= 11 is 1.41. The van der Waals surface area contributed by atoms with Gasteiger partial charge in [0.1, 0.15) is 0 Å². The number of amides is 2. The summed E-state index contributed by atoms with van der Waals surface area (Å²) in [4.78, 5) is 28.6. The summed E-state index contributed by atoms with van der Waals surface area (Å²) in [5.41, 5.74) is 1.26. The monoisotopic (exact) mass is 341 g/mol. The lowest BCUT2D eigenvalue weighted by molar-refractivity contribution is -0.116. The zero-order chi connectivity index (χ0) is 16.9. The van der Waals surface area contributed by atoms with Crippen LogP contribution in [0.25, 0.3) is 10.8 Å². The number of nitrogens with one attached hydrogen (secondary N) is 1. The number of carbonyl (C=O) groups excluding carboxylic acids is 1. The normalized spacial score (nSPS) is 10.5. The molecule has 0 aliphatic heterocycles. The van der Waals surface area contributed by atoms with E-state index < -0.39 is 6.09 Å². The molecule has 0 atom stereocenters. The van der Waals surface area contributed by atoms with Crippen molar-refractivity contribution in [3.8, 4) is 0 Å². The Hall–Kier alpha value is -2.93. The molecule has 0 spiro atoms. The summed E-state index contributed by atoms with van der Waals surface area (Å²) in [7, 11) is 0. The number of aromatic nitrogens is 1. The van der Waals surface area contributed by atoms with Crippen LogP contribution in [0.15, 0.2) is 53.5 Å². The molecular weight excluding hydrogens is 326 g/mol. The maximum absolute atomic E-state index is 12.1. The third-order valence-corrected chi connectivity index (χ3v) is 4.21. The van der Waals surface area contributed by atoms with Gasteiger partial charge in [-0.3, -0.25) is 14.7 Å². The summed E-state index contributed by atoms with van der Waals surface area (Å²) < 4.78 is 0. The molecule has 6 nitrogen and oxygen atoms in total. The Labute approximate surface area is 142 Å². The van der Waals surface area contributed by atoms with Crippen molar-refractivity contribution in [2.24, 2.45) is 0 Å². The number of pyridine rings is 1. The zero-order valence-electron chi connectivity index (χ0n) is 12.7. The van der Waals surface area contributed by atoms with E-state index in [1.807, 2.05) is 18.2 Å². The number of carbonyl (C=O) groups is 2. The van der Waals surface area contributed by atoms with Gasteiger partial charge >= 0.3 is 6.09 Å². The second-order valence-electron chi connectivity index (χ2n) is 5.15. The molecule has 3 rings (SSSR count). The van der Waals surface area contributed by atoms with Crippen molar-refractivity contribution in [2.75, 3.05) is 16.8 Å². The molecule has 2 N–H and O–H groups in total. The molecule has 3 aromatic rings. The minimum atomic E-state index is -1.07. The molecule has 2 amide bonds. The smallest absolute Gasteiger partial charge is 0.411 e. The van der Waals surface area contributed by atoms with Crippen LogP contribution in [0.4, 0.5) is 16.2 Å². The average molecular weight is 341 g/mol. The fourth-order valence-electron chi connectivity index (χ4n) is 2.34. The van der Waals surface area contributed by atoms with Gasteiger partial charge in [-0.15, -0.1) is 0 Å². The highest BCUT2D eigenvalue weighted by Crippen LogP contribution is 2.20. The number of benzene rings is 1. The minimum Gasteiger partial charge on any atom is -0.465 e. The number of nitrogens with zero attached hydrogens (tertiary/aromatic N) is 2. The first-order valence-corrected chi connectivity index (χ1v) is 8.24. The van der Waals surface area contributed by atoms with Crippen molar-refractivity contribution in [3.63, 3.8) is 0 Å². The van der Waals surface area contributed by atoms with Gasteiger partial charge in [0.2, 0.25) is 5.91 Å². The molecule has 24 heavy (non-hydrogen) atoms. The van der Waals surface area contributed by atoms with Crippen molar-refractivity contribution >= 4 is 45.5 Å². The topological polar surface area (TPSA) is 82.5 Å². The van der Waals surface area contributed by atoms with E-state index in [9.17, 15) is 14.7 Å². The maximum atomic E-state index is 12.1. The van der Waals surface area contributed by atoms with E-state index in [4.69, 9.17) is 0 Å². The quantitative estimate of drug-likeness (QED) is 0.739. The highest BCUT2D eigenvalue weighted by molar-refractivity contribution is 7.08. The minimum absolute atomic E-state index is 0.0799. The van der Waals surface area contributed by atoms with Crippen molar-refractivity contribution < 1.29 is 14.7 Å². The highest BCUT2D eigenvalue weighted by atomic mass is 32.1. The number of hydrogen-bond donors (Lipinski definition) is 2. The van der Waals surface area contributed by atoms with E-state index in [0.717, 1.165) is 10.8 Å². The van der Waals surface area contributed by atoms with Crippen LogP contribution < -0.4 is 10.2 Å². The van der Waals surface area contributed by atoms with Crippen LogP contribution in [-0.4, -0.2) is 28.6 Å². The van der Waals surface area contributed by atoms with Crippen molar-refractivity contribution in [2.45, 2.75) is 6.42 Å². The molecule has 0 saturated heterocycles. The van der Waals surface area contributed by atoms with Crippen LogP contribution in [0.1, 0.15) is 6.42 Å². The molecule has 0 bridgehead atoms. The Morgan fingerprint density at radius 1 is 1.21 bits per heavy atom. The van der Waals surface area contributed by atoms with Crippen LogP contribution in [-0.2, 0) is 4.79 Å². The summed E-state index contributed by atoms with van der Waals surface area (Å²) in [6.45, 7) is 0.107. The van der Waals surface area contributed by atoms with Crippen molar-refractivity contribution in [1.29, 1.82) is 0 Å². The molecule has 0 fully saturated rings. The predicted octanol–water partition coefficient (Wildman–Crippen LogP) is 3.81. The van der Waals surface area contributed by atoms with Crippen LogP contribution in [0, 0.1) is 0 Å². The van der Waals surface area contributed by atoms with E-state index in [1.165, 1.54) is 16.2 Å². The zero-order valence-corrected chi connectivity index (χ0v) is 13.5. The van der Waals surface area contributed by atoms with E-state index in [1.54, 1.807) is 35.3 Å². The van der Waals surface area contributed by atoms with Gasteiger partial charge in [0.05, 0.1) is 5.69 Å². The lowest BCUT2D eigenvalue weighted by Crippen LogP contribution is -2.32. The van der Waals surface area contributed by atoms with E-state index in [-0.39, 0.29) is 18.9 Å². The second kappa shape index (κ2) is 7.10. The fraction of sp³-hybridized carbons (Fsp3) is 0.118. The summed E-state index contributed by atoms with van der Waals surface area (Å²) in [5, 5.41) is 17.6. The third kappa shape index (κ3) is 3.69. The molecule has 122 valence electrons. The Morgan fingerprint density at radius 3 is 2.83 bits per heavy atom. The van der Waals surface area contributed by atoms with Crippen molar-refractivity contribution in [1.82, 2.24) is 4.98 Å². The summed E-state index contributed by atoms with van der Waals surface area (Å²) in [6.07, 6.45) is 2.46. The van der Waals surface area contributed by atoms with Gasteiger partial charge in [0, 0.05) is 41.8 Å². The first-order chi connectivity index (χ1) is 11.6. The molecule has 0 aliphatic carbocycles. The number of hydrogen-bond acceptors (Lipinski definition) is 4.